The van der Waals surface area contributed by atoms with Crippen molar-refractivity contribution in [3.63, 3.8) is 0 Å². The molecule has 1 aromatic carbocycles. The Morgan fingerprint density at radius 3 is 3.04 bits per heavy atom. The topological polar surface area (TPSA) is 77.3 Å². The van der Waals surface area contributed by atoms with Crippen LogP contribution in [0.25, 0.3) is 11.3 Å². The Kier molecular flexibility index (Phi) is 3.93. The van der Waals surface area contributed by atoms with E-state index in [1.807, 2.05) is 18.2 Å². The van der Waals surface area contributed by atoms with Crippen LogP contribution in [0.15, 0.2) is 53.2 Å². The first-order valence-electron chi connectivity index (χ1n) is 8.14. The van der Waals surface area contributed by atoms with Crippen LogP contribution in [0.4, 0.5) is 0 Å². The van der Waals surface area contributed by atoms with Gasteiger partial charge in [0.2, 0.25) is 0 Å². The van der Waals surface area contributed by atoms with E-state index in [0.717, 1.165) is 17.7 Å². The van der Waals surface area contributed by atoms with E-state index in [0.29, 0.717) is 17.1 Å². The lowest BCUT2D eigenvalue weighted by Crippen LogP contribution is -2.23. The third-order valence-corrected chi connectivity index (χ3v) is 4.07. The van der Waals surface area contributed by atoms with E-state index in [1.54, 1.807) is 24.4 Å². The minimum absolute atomic E-state index is 0.206. The van der Waals surface area contributed by atoms with E-state index in [1.165, 1.54) is 5.56 Å². The van der Waals surface area contributed by atoms with E-state index in [2.05, 4.69) is 28.4 Å². The molecule has 0 saturated heterocycles. The molecule has 4 rings (SSSR count). The zero-order valence-corrected chi connectivity index (χ0v) is 13.7. The predicted octanol–water partition coefficient (Wildman–Crippen LogP) is 2.99. The molecule has 1 atom stereocenters. The van der Waals surface area contributed by atoms with Gasteiger partial charge in [0, 0.05) is 24.2 Å². The number of hydrogen-bond acceptors (Lipinski definition) is 5. The minimum Gasteiger partial charge on any atom is -0.490 e. The van der Waals surface area contributed by atoms with Gasteiger partial charge in [-0.3, -0.25) is 9.78 Å². The normalized spacial score (nSPS) is 15.5. The fourth-order valence-corrected chi connectivity index (χ4v) is 2.84. The molecule has 1 unspecified atom stereocenters. The molecule has 0 radical (unpaired) electrons. The summed E-state index contributed by atoms with van der Waals surface area (Å²) in [5.74, 6) is 1.30. The molecule has 126 valence electrons. The van der Waals surface area contributed by atoms with E-state index in [-0.39, 0.29) is 18.6 Å². The summed E-state index contributed by atoms with van der Waals surface area (Å²) in [6.45, 7) is 2.33. The van der Waals surface area contributed by atoms with E-state index < -0.39 is 0 Å². The van der Waals surface area contributed by atoms with Crippen LogP contribution in [0.2, 0.25) is 0 Å². The smallest absolute Gasteiger partial charge is 0.270 e. The molecule has 2 aromatic heterocycles. The van der Waals surface area contributed by atoms with Crippen LogP contribution in [0, 0.1) is 0 Å². The lowest BCUT2D eigenvalue weighted by atomic mass is 10.1. The molecule has 1 N–H and O–H groups in total. The van der Waals surface area contributed by atoms with Crippen molar-refractivity contribution in [1.82, 2.24) is 15.5 Å². The standard InChI is InChI=1S/C19H17N3O3/c1-12-8-13-5-6-14(9-17(13)24-12)18-10-15(22-25-18)11-21-19(23)16-4-2-3-7-20-16/h2-7,9-10,12H,8,11H2,1H3,(H,21,23). The molecule has 6 heteroatoms. The number of pyridine rings is 1. The van der Waals surface area contributed by atoms with Crippen LogP contribution in [0.5, 0.6) is 5.75 Å². The Morgan fingerprint density at radius 2 is 2.20 bits per heavy atom. The third-order valence-electron chi connectivity index (χ3n) is 4.07. The van der Waals surface area contributed by atoms with Crippen LogP contribution in [0.1, 0.15) is 28.7 Å². The molecule has 0 fully saturated rings. The second-order valence-corrected chi connectivity index (χ2v) is 6.04. The second-order valence-electron chi connectivity index (χ2n) is 6.04. The Balaban J connectivity index is 1.44. The molecule has 0 spiro atoms. The molecule has 6 nitrogen and oxygen atoms in total. The Bertz CT molecular complexity index is 905. The van der Waals surface area contributed by atoms with Crippen LogP contribution in [-0.4, -0.2) is 22.2 Å². The lowest BCUT2D eigenvalue weighted by Gasteiger charge is -2.03. The van der Waals surface area contributed by atoms with Gasteiger partial charge in [0.25, 0.3) is 5.91 Å². The predicted molar refractivity (Wildman–Crippen MR) is 91.1 cm³/mol. The number of hydrogen-bond donors (Lipinski definition) is 1. The van der Waals surface area contributed by atoms with Crippen LogP contribution in [0.3, 0.4) is 0 Å². The first kappa shape index (κ1) is 15.4. The SMILES string of the molecule is CC1Cc2ccc(-c3cc(CNC(=O)c4ccccn4)no3)cc2O1. The molecule has 3 aromatic rings. The highest BCUT2D eigenvalue weighted by atomic mass is 16.5. The average Bonchev–Trinajstić information content (AvgIpc) is 3.25. The summed E-state index contributed by atoms with van der Waals surface area (Å²) in [5, 5.41) is 6.79. The summed E-state index contributed by atoms with van der Waals surface area (Å²) in [4.78, 5) is 16.0. The van der Waals surface area contributed by atoms with Crippen molar-refractivity contribution in [2.45, 2.75) is 26.0 Å². The quantitative estimate of drug-likeness (QED) is 0.793. The van der Waals surface area contributed by atoms with Crippen molar-refractivity contribution in [3.05, 3.63) is 65.6 Å². The molecule has 0 bridgehead atoms. The van der Waals surface area contributed by atoms with Crippen molar-refractivity contribution in [1.29, 1.82) is 0 Å². The monoisotopic (exact) mass is 335 g/mol. The molecule has 25 heavy (non-hydrogen) atoms. The molecule has 1 aliphatic heterocycles. The highest BCUT2D eigenvalue weighted by molar-refractivity contribution is 5.92. The maximum Gasteiger partial charge on any atom is 0.270 e. The molecule has 1 aliphatic rings. The van der Waals surface area contributed by atoms with Crippen LogP contribution in [-0.2, 0) is 13.0 Å². The number of fused-ring (bicyclic) bond motifs is 1. The lowest BCUT2D eigenvalue weighted by molar-refractivity contribution is 0.0945. The molecule has 0 saturated carbocycles. The summed E-state index contributed by atoms with van der Waals surface area (Å²) in [7, 11) is 0. The van der Waals surface area contributed by atoms with E-state index >= 15 is 0 Å². The number of ether oxygens (including phenoxy) is 1. The maximum absolute atomic E-state index is 12.0. The number of amides is 1. The van der Waals surface area contributed by atoms with Gasteiger partial charge in [0.05, 0.1) is 6.54 Å². The highest BCUT2D eigenvalue weighted by Crippen LogP contribution is 2.33. The van der Waals surface area contributed by atoms with Gasteiger partial charge in [0.15, 0.2) is 5.76 Å². The summed E-state index contributed by atoms with van der Waals surface area (Å²) < 4.78 is 11.2. The van der Waals surface area contributed by atoms with Crippen molar-refractivity contribution in [2.24, 2.45) is 0 Å². The Morgan fingerprint density at radius 1 is 1.28 bits per heavy atom. The van der Waals surface area contributed by atoms with Crippen molar-refractivity contribution in [3.8, 4) is 17.1 Å². The number of benzene rings is 1. The fraction of sp³-hybridized carbons (Fsp3) is 0.211. The Hall–Kier alpha value is -3.15. The summed E-state index contributed by atoms with van der Waals surface area (Å²) in [6, 6.07) is 13.0. The van der Waals surface area contributed by atoms with Crippen LogP contribution < -0.4 is 10.1 Å². The van der Waals surface area contributed by atoms with Gasteiger partial charge >= 0.3 is 0 Å². The number of aromatic nitrogens is 2. The zero-order valence-electron chi connectivity index (χ0n) is 13.7. The molecule has 1 amide bonds. The van der Waals surface area contributed by atoms with Gasteiger partial charge in [-0.1, -0.05) is 23.4 Å². The molecular weight excluding hydrogens is 318 g/mol. The molecular formula is C19H17N3O3. The van der Waals surface area contributed by atoms with E-state index in [4.69, 9.17) is 9.26 Å². The fourth-order valence-electron chi connectivity index (χ4n) is 2.84. The van der Waals surface area contributed by atoms with Crippen molar-refractivity contribution >= 4 is 5.91 Å². The van der Waals surface area contributed by atoms with Crippen molar-refractivity contribution < 1.29 is 14.1 Å². The summed E-state index contributed by atoms with van der Waals surface area (Å²) >= 11 is 0. The van der Waals surface area contributed by atoms with Crippen molar-refractivity contribution in [2.75, 3.05) is 0 Å². The largest absolute Gasteiger partial charge is 0.490 e. The number of nitrogens with one attached hydrogen (secondary N) is 1. The number of carbonyl (C=O) groups is 1. The minimum atomic E-state index is -0.245. The van der Waals surface area contributed by atoms with Gasteiger partial charge in [-0.2, -0.15) is 0 Å². The number of rotatable bonds is 4. The molecule has 3 heterocycles. The second kappa shape index (κ2) is 6.39. The Labute approximate surface area is 144 Å². The third kappa shape index (κ3) is 3.24. The maximum atomic E-state index is 12.0. The summed E-state index contributed by atoms with van der Waals surface area (Å²) in [6.07, 6.45) is 2.72. The number of carbonyl (C=O) groups excluding carboxylic acids is 1. The van der Waals surface area contributed by atoms with Gasteiger partial charge < -0.3 is 14.6 Å². The van der Waals surface area contributed by atoms with Crippen LogP contribution >= 0.6 is 0 Å². The van der Waals surface area contributed by atoms with Gasteiger partial charge in [0.1, 0.15) is 23.2 Å². The first-order valence-corrected chi connectivity index (χ1v) is 8.14. The van der Waals surface area contributed by atoms with E-state index in [9.17, 15) is 4.79 Å². The van der Waals surface area contributed by atoms with Gasteiger partial charge in [-0.05, 0) is 30.7 Å². The van der Waals surface area contributed by atoms with Gasteiger partial charge in [-0.25, -0.2) is 0 Å². The number of nitrogens with zero attached hydrogens (tertiary/aromatic N) is 2. The summed E-state index contributed by atoms with van der Waals surface area (Å²) in [5.41, 5.74) is 3.13. The molecule has 0 aliphatic carbocycles. The highest BCUT2D eigenvalue weighted by Gasteiger charge is 2.20. The average molecular weight is 335 g/mol. The zero-order chi connectivity index (χ0) is 17.2. The first-order chi connectivity index (χ1) is 12.2. The van der Waals surface area contributed by atoms with Gasteiger partial charge in [-0.15, -0.1) is 0 Å².